The Balaban J connectivity index is 2.20. The van der Waals surface area contributed by atoms with Crippen LogP contribution in [0.3, 0.4) is 0 Å². The Morgan fingerprint density at radius 1 is 1.18 bits per heavy atom. The van der Waals surface area contributed by atoms with E-state index in [2.05, 4.69) is 9.97 Å². The van der Waals surface area contributed by atoms with E-state index >= 15 is 0 Å². The standard InChI is InChI=1S/C12H9ClN2O2/c1-8(16)9-2-4-10(5-3-9)17-12-11(13)14-6-7-15-12/h2-7H,1H3. The Bertz CT molecular complexity index is 540. The third-order valence-corrected chi connectivity index (χ3v) is 2.36. The summed E-state index contributed by atoms with van der Waals surface area (Å²) in [4.78, 5) is 18.9. The van der Waals surface area contributed by atoms with Crippen molar-refractivity contribution in [2.24, 2.45) is 0 Å². The minimum atomic E-state index is 0.00841. The Morgan fingerprint density at radius 3 is 2.41 bits per heavy atom. The highest BCUT2D eigenvalue weighted by Gasteiger charge is 2.05. The number of hydrogen-bond donors (Lipinski definition) is 0. The van der Waals surface area contributed by atoms with Crippen LogP contribution in [0, 0.1) is 0 Å². The van der Waals surface area contributed by atoms with Crippen LogP contribution in [0.1, 0.15) is 17.3 Å². The molecule has 0 amide bonds. The quantitative estimate of drug-likeness (QED) is 0.783. The fourth-order valence-corrected chi connectivity index (χ4v) is 1.39. The average molecular weight is 249 g/mol. The summed E-state index contributed by atoms with van der Waals surface area (Å²) in [5.41, 5.74) is 0.627. The molecule has 0 fully saturated rings. The van der Waals surface area contributed by atoms with E-state index in [-0.39, 0.29) is 16.8 Å². The second kappa shape index (κ2) is 4.93. The van der Waals surface area contributed by atoms with Crippen LogP contribution in [-0.2, 0) is 0 Å². The number of carbonyl (C=O) groups is 1. The predicted molar refractivity (Wildman–Crippen MR) is 63.6 cm³/mol. The molecule has 0 saturated heterocycles. The van der Waals surface area contributed by atoms with Gasteiger partial charge in [0.1, 0.15) is 5.75 Å². The van der Waals surface area contributed by atoms with Gasteiger partial charge in [-0.1, -0.05) is 11.6 Å². The maximum Gasteiger partial charge on any atom is 0.257 e. The first-order valence-electron chi connectivity index (χ1n) is 4.92. The third kappa shape index (κ3) is 2.79. The molecule has 0 N–H and O–H groups in total. The zero-order valence-electron chi connectivity index (χ0n) is 9.05. The number of hydrogen-bond acceptors (Lipinski definition) is 4. The highest BCUT2D eigenvalue weighted by molar-refractivity contribution is 6.30. The lowest BCUT2D eigenvalue weighted by Crippen LogP contribution is -1.93. The minimum absolute atomic E-state index is 0.00841. The van der Waals surface area contributed by atoms with Crippen LogP contribution >= 0.6 is 11.6 Å². The minimum Gasteiger partial charge on any atom is -0.436 e. The molecule has 0 saturated carbocycles. The lowest BCUT2D eigenvalue weighted by Gasteiger charge is -2.05. The number of benzene rings is 1. The summed E-state index contributed by atoms with van der Waals surface area (Å²) in [5.74, 6) is 0.802. The van der Waals surface area contributed by atoms with Gasteiger partial charge in [-0.2, -0.15) is 0 Å². The summed E-state index contributed by atoms with van der Waals surface area (Å²) >= 11 is 5.80. The molecule has 0 radical (unpaired) electrons. The van der Waals surface area contributed by atoms with Crippen LogP contribution in [0.4, 0.5) is 0 Å². The van der Waals surface area contributed by atoms with Gasteiger partial charge >= 0.3 is 0 Å². The van der Waals surface area contributed by atoms with E-state index in [1.54, 1.807) is 24.3 Å². The van der Waals surface area contributed by atoms with Crippen molar-refractivity contribution in [3.63, 3.8) is 0 Å². The topological polar surface area (TPSA) is 52.1 Å². The lowest BCUT2D eigenvalue weighted by molar-refractivity contribution is 0.101. The molecule has 2 rings (SSSR count). The SMILES string of the molecule is CC(=O)c1ccc(Oc2nccnc2Cl)cc1. The monoisotopic (exact) mass is 248 g/mol. The Kier molecular flexibility index (Phi) is 3.35. The summed E-state index contributed by atoms with van der Waals surface area (Å²) in [5, 5.41) is 0.197. The van der Waals surface area contributed by atoms with Gasteiger partial charge in [0.2, 0.25) is 0 Å². The van der Waals surface area contributed by atoms with Crippen molar-refractivity contribution in [1.82, 2.24) is 9.97 Å². The summed E-state index contributed by atoms with van der Waals surface area (Å²) < 4.78 is 5.43. The van der Waals surface area contributed by atoms with Crippen LogP contribution in [0.2, 0.25) is 5.15 Å². The second-order valence-electron chi connectivity index (χ2n) is 3.33. The summed E-state index contributed by atoms with van der Waals surface area (Å²) in [7, 11) is 0. The summed E-state index contributed by atoms with van der Waals surface area (Å²) in [6.07, 6.45) is 2.97. The highest BCUT2D eigenvalue weighted by Crippen LogP contribution is 2.24. The first-order valence-corrected chi connectivity index (χ1v) is 5.30. The molecule has 0 spiro atoms. The molecule has 0 aliphatic rings. The molecular formula is C12H9ClN2O2. The zero-order chi connectivity index (χ0) is 12.3. The molecule has 0 atom stereocenters. The van der Waals surface area contributed by atoms with Gasteiger partial charge in [0.15, 0.2) is 10.9 Å². The van der Waals surface area contributed by atoms with Crippen LogP contribution in [-0.4, -0.2) is 15.8 Å². The van der Waals surface area contributed by atoms with Gasteiger partial charge in [-0.25, -0.2) is 9.97 Å². The molecule has 1 heterocycles. The average Bonchev–Trinajstić information content (AvgIpc) is 2.33. The molecule has 4 nitrogen and oxygen atoms in total. The number of aromatic nitrogens is 2. The molecule has 0 unspecified atom stereocenters. The molecule has 17 heavy (non-hydrogen) atoms. The molecule has 0 aliphatic carbocycles. The maximum atomic E-state index is 11.1. The number of rotatable bonds is 3. The first-order chi connectivity index (χ1) is 8.16. The molecular weight excluding hydrogens is 240 g/mol. The molecule has 86 valence electrons. The largest absolute Gasteiger partial charge is 0.436 e. The smallest absolute Gasteiger partial charge is 0.257 e. The number of ketones is 1. The van der Waals surface area contributed by atoms with Gasteiger partial charge in [-0.15, -0.1) is 0 Å². The summed E-state index contributed by atoms with van der Waals surface area (Å²) in [6.45, 7) is 1.51. The molecule has 2 aromatic rings. The van der Waals surface area contributed by atoms with Crippen molar-refractivity contribution < 1.29 is 9.53 Å². The van der Waals surface area contributed by atoms with Crippen LogP contribution in [0.5, 0.6) is 11.6 Å². The Labute approximate surface area is 103 Å². The van der Waals surface area contributed by atoms with E-state index in [1.807, 2.05) is 0 Å². The van der Waals surface area contributed by atoms with E-state index < -0.39 is 0 Å². The van der Waals surface area contributed by atoms with Gasteiger partial charge in [-0.05, 0) is 31.2 Å². The number of ether oxygens (including phenoxy) is 1. The van der Waals surface area contributed by atoms with E-state index in [9.17, 15) is 4.79 Å². The van der Waals surface area contributed by atoms with Gasteiger partial charge in [0, 0.05) is 18.0 Å². The van der Waals surface area contributed by atoms with Crippen LogP contribution < -0.4 is 4.74 Å². The Hall–Kier alpha value is -1.94. The zero-order valence-corrected chi connectivity index (χ0v) is 9.81. The van der Waals surface area contributed by atoms with Crippen molar-refractivity contribution >= 4 is 17.4 Å². The molecule has 5 heteroatoms. The molecule has 1 aromatic heterocycles. The normalized spacial score (nSPS) is 10.0. The van der Waals surface area contributed by atoms with Crippen molar-refractivity contribution in [2.75, 3.05) is 0 Å². The molecule has 0 aliphatic heterocycles. The lowest BCUT2D eigenvalue weighted by atomic mass is 10.1. The van der Waals surface area contributed by atoms with E-state index in [0.717, 1.165) is 0 Å². The van der Waals surface area contributed by atoms with Crippen molar-refractivity contribution in [3.05, 3.63) is 47.4 Å². The molecule has 1 aromatic carbocycles. The third-order valence-electron chi connectivity index (χ3n) is 2.10. The van der Waals surface area contributed by atoms with Crippen molar-refractivity contribution in [3.8, 4) is 11.6 Å². The number of carbonyl (C=O) groups excluding carboxylic acids is 1. The summed E-state index contributed by atoms with van der Waals surface area (Å²) in [6, 6.07) is 6.73. The van der Waals surface area contributed by atoms with Crippen LogP contribution in [0.15, 0.2) is 36.7 Å². The maximum absolute atomic E-state index is 11.1. The fraction of sp³-hybridized carbons (Fsp3) is 0.0833. The van der Waals surface area contributed by atoms with E-state index in [0.29, 0.717) is 11.3 Å². The second-order valence-corrected chi connectivity index (χ2v) is 3.69. The van der Waals surface area contributed by atoms with Crippen LogP contribution in [0.25, 0.3) is 0 Å². The number of nitrogens with zero attached hydrogens (tertiary/aromatic N) is 2. The van der Waals surface area contributed by atoms with E-state index in [1.165, 1.54) is 19.3 Å². The van der Waals surface area contributed by atoms with Gasteiger partial charge in [0.25, 0.3) is 5.88 Å². The Morgan fingerprint density at radius 2 is 1.82 bits per heavy atom. The van der Waals surface area contributed by atoms with Gasteiger partial charge in [0.05, 0.1) is 0 Å². The molecule has 0 bridgehead atoms. The van der Waals surface area contributed by atoms with Gasteiger partial charge < -0.3 is 4.74 Å². The van der Waals surface area contributed by atoms with Crippen molar-refractivity contribution in [2.45, 2.75) is 6.92 Å². The number of Topliss-reactive ketones (excluding diaryl/α,β-unsaturated/α-hetero) is 1. The highest BCUT2D eigenvalue weighted by atomic mass is 35.5. The first kappa shape index (κ1) is 11.5. The fourth-order valence-electron chi connectivity index (χ4n) is 1.25. The van der Waals surface area contributed by atoms with Gasteiger partial charge in [-0.3, -0.25) is 4.79 Å². The predicted octanol–water partition coefficient (Wildman–Crippen LogP) is 3.12. The van der Waals surface area contributed by atoms with E-state index in [4.69, 9.17) is 16.3 Å². The number of halogens is 1. The van der Waals surface area contributed by atoms with Crippen molar-refractivity contribution in [1.29, 1.82) is 0 Å².